The molecule has 1 aliphatic heterocycles. The number of anilines is 2. The quantitative estimate of drug-likeness (QED) is 0.840. The van der Waals surface area contributed by atoms with Gasteiger partial charge in [-0.15, -0.1) is 0 Å². The van der Waals surface area contributed by atoms with Crippen LogP contribution in [0.3, 0.4) is 0 Å². The fourth-order valence-corrected chi connectivity index (χ4v) is 3.06. The standard InChI is InChI=1S/C19H22ClN3O3/c1-12-7-15(17(25-2)9-14(12)20)22-19(24)11-23-5-6-26-18-8-13(10-21)3-4-16(18)23/h3-4,7-9H,5-6,10-11,21H2,1-2H3,(H,22,24). The summed E-state index contributed by atoms with van der Waals surface area (Å²) in [5.74, 6) is 1.15. The lowest BCUT2D eigenvalue weighted by molar-refractivity contribution is -0.115. The van der Waals surface area contributed by atoms with Crippen LogP contribution in [0.5, 0.6) is 11.5 Å². The minimum Gasteiger partial charge on any atom is -0.495 e. The van der Waals surface area contributed by atoms with Crippen molar-refractivity contribution in [1.82, 2.24) is 0 Å². The Morgan fingerprint density at radius 1 is 1.38 bits per heavy atom. The summed E-state index contributed by atoms with van der Waals surface area (Å²) in [4.78, 5) is 14.6. The molecule has 1 heterocycles. The first-order chi connectivity index (χ1) is 12.5. The van der Waals surface area contributed by atoms with Gasteiger partial charge in [0.1, 0.15) is 18.1 Å². The molecule has 7 heteroatoms. The van der Waals surface area contributed by atoms with Crippen molar-refractivity contribution >= 4 is 28.9 Å². The summed E-state index contributed by atoms with van der Waals surface area (Å²) in [7, 11) is 1.55. The molecule has 2 aromatic carbocycles. The number of hydrogen-bond donors (Lipinski definition) is 2. The number of methoxy groups -OCH3 is 1. The van der Waals surface area contributed by atoms with Crippen LogP contribution in [0.25, 0.3) is 0 Å². The fourth-order valence-electron chi connectivity index (χ4n) is 2.91. The first-order valence-corrected chi connectivity index (χ1v) is 8.74. The smallest absolute Gasteiger partial charge is 0.243 e. The Morgan fingerprint density at radius 2 is 2.19 bits per heavy atom. The summed E-state index contributed by atoms with van der Waals surface area (Å²) in [6.07, 6.45) is 0. The SMILES string of the molecule is COc1cc(Cl)c(C)cc1NC(=O)CN1CCOc2cc(CN)ccc21. The fraction of sp³-hybridized carbons (Fsp3) is 0.316. The first kappa shape index (κ1) is 18.4. The molecule has 2 aromatic rings. The van der Waals surface area contributed by atoms with Gasteiger partial charge in [0, 0.05) is 17.6 Å². The predicted octanol–water partition coefficient (Wildman–Crippen LogP) is 2.95. The van der Waals surface area contributed by atoms with E-state index in [1.54, 1.807) is 19.2 Å². The van der Waals surface area contributed by atoms with Crippen LogP contribution < -0.4 is 25.4 Å². The molecule has 0 atom stereocenters. The summed E-state index contributed by atoms with van der Waals surface area (Å²) < 4.78 is 11.0. The lowest BCUT2D eigenvalue weighted by Gasteiger charge is -2.31. The number of halogens is 1. The van der Waals surface area contributed by atoms with E-state index < -0.39 is 0 Å². The number of hydrogen-bond acceptors (Lipinski definition) is 5. The van der Waals surface area contributed by atoms with Gasteiger partial charge < -0.3 is 25.4 Å². The molecule has 3 rings (SSSR count). The number of nitrogens with two attached hydrogens (primary N) is 1. The third-order valence-corrected chi connectivity index (χ3v) is 4.72. The maximum atomic E-state index is 12.6. The monoisotopic (exact) mass is 375 g/mol. The predicted molar refractivity (Wildman–Crippen MR) is 103 cm³/mol. The molecule has 0 saturated heterocycles. The van der Waals surface area contributed by atoms with Crippen LogP contribution in [0.15, 0.2) is 30.3 Å². The van der Waals surface area contributed by atoms with E-state index in [1.807, 2.05) is 30.0 Å². The molecule has 0 radical (unpaired) electrons. The summed E-state index contributed by atoms with van der Waals surface area (Å²) in [5.41, 5.74) is 9.04. The third kappa shape index (κ3) is 3.86. The molecule has 1 amide bonds. The molecule has 3 N–H and O–H groups in total. The highest BCUT2D eigenvalue weighted by Crippen LogP contribution is 2.33. The molecule has 26 heavy (non-hydrogen) atoms. The topological polar surface area (TPSA) is 76.8 Å². The molecule has 138 valence electrons. The molecule has 0 spiro atoms. The minimum atomic E-state index is -0.138. The second-order valence-corrected chi connectivity index (χ2v) is 6.53. The Balaban J connectivity index is 1.75. The van der Waals surface area contributed by atoms with Crippen LogP contribution in [0.2, 0.25) is 5.02 Å². The maximum Gasteiger partial charge on any atom is 0.243 e. The van der Waals surface area contributed by atoms with Gasteiger partial charge in [-0.25, -0.2) is 0 Å². The third-order valence-electron chi connectivity index (χ3n) is 4.31. The second kappa shape index (κ2) is 7.85. The summed E-state index contributed by atoms with van der Waals surface area (Å²) in [6, 6.07) is 9.32. The number of nitrogens with one attached hydrogen (secondary N) is 1. The molecule has 0 unspecified atom stereocenters. The average molecular weight is 376 g/mol. The number of carbonyl (C=O) groups is 1. The minimum absolute atomic E-state index is 0.138. The maximum absolute atomic E-state index is 12.6. The highest BCUT2D eigenvalue weighted by atomic mass is 35.5. The van der Waals surface area contributed by atoms with Crippen molar-refractivity contribution in [1.29, 1.82) is 0 Å². The van der Waals surface area contributed by atoms with Gasteiger partial charge in [0.15, 0.2) is 0 Å². The van der Waals surface area contributed by atoms with Crippen LogP contribution >= 0.6 is 11.6 Å². The zero-order valence-corrected chi connectivity index (χ0v) is 15.6. The average Bonchev–Trinajstić information content (AvgIpc) is 2.64. The largest absolute Gasteiger partial charge is 0.495 e. The highest BCUT2D eigenvalue weighted by molar-refractivity contribution is 6.31. The van der Waals surface area contributed by atoms with E-state index in [0.717, 1.165) is 22.6 Å². The molecular weight excluding hydrogens is 354 g/mol. The second-order valence-electron chi connectivity index (χ2n) is 6.13. The van der Waals surface area contributed by atoms with E-state index in [2.05, 4.69) is 5.32 Å². The van der Waals surface area contributed by atoms with Crippen molar-refractivity contribution < 1.29 is 14.3 Å². The Kier molecular flexibility index (Phi) is 5.54. The number of benzene rings is 2. The molecule has 6 nitrogen and oxygen atoms in total. The molecule has 0 aromatic heterocycles. The van der Waals surface area contributed by atoms with Gasteiger partial charge in [0.2, 0.25) is 5.91 Å². The Morgan fingerprint density at radius 3 is 2.92 bits per heavy atom. The van der Waals surface area contributed by atoms with E-state index in [4.69, 9.17) is 26.8 Å². The van der Waals surface area contributed by atoms with E-state index >= 15 is 0 Å². The zero-order chi connectivity index (χ0) is 18.7. The van der Waals surface area contributed by atoms with Crippen molar-refractivity contribution in [3.8, 4) is 11.5 Å². The van der Waals surface area contributed by atoms with Crippen molar-refractivity contribution in [2.45, 2.75) is 13.5 Å². The number of ether oxygens (including phenoxy) is 2. The van der Waals surface area contributed by atoms with Crippen LogP contribution in [-0.2, 0) is 11.3 Å². The highest BCUT2D eigenvalue weighted by Gasteiger charge is 2.21. The van der Waals surface area contributed by atoms with Gasteiger partial charge in [0.25, 0.3) is 0 Å². The van der Waals surface area contributed by atoms with Crippen LogP contribution in [0.4, 0.5) is 11.4 Å². The van der Waals surface area contributed by atoms with Crippen molar-refractivity contribution in [3.63, 3.8) is 0 Å². The van der Waals surface area contributed by atoms with Crippen LogP contribution in [-0.4, -0.2) is 32.7 Å². The molecule has 0 aliphatic carbocycles. The number of rotatable bonds is 5. The number of aryl methyl sites for hydroxylation is 1. The molecule has 0 fully saturated rings. The van der Waals surface area contributed by atoms with Gasteiger partial charge in [-0.1, -0.05) is 17.7 Å². The van der Waals surface area contributed by atoms with Gasteiger partial charge in [-0.3, -0.25) is 4.79 Å². The zero-order valence-electron chi connectivity index (χ0n) is 14.8. The molecule has 0 saturated carbocycles. The molecular formula is C19H22ClN3O3. The lowest BCUT2D eigenvalue weighted by Crippen LogP contribution is -2.38. The number of nitrogens with zero attached hydrogens (tertiary/aromatic N) is 1. The van der Waals surface area contributed by atoms with Gasteiger partial charge >= 0.3 is 0 Å². The summed E-state index contributed by atoms with van der Waals surface area (Å²) in [6.45, 7) is 3.71. The van der Waals surface area contributed by atoms with Crippen LogP contribution in [0, 0.1) is 6.92 Å². The number of amides is 1. The Hall–Kier alpha value is -2.44. The van der Waals surface area contributed by atoms with E-state index in [1.165, 1.54) is 0 Å². The van der Waals surface area contributed by atoms with Crippen molar-refractivity contribution in [2.24, 2.45) is 5.73 Å². The first-order valence-electron chi connectivity index (χ1n) is 8.36. The number of carbonyl (C=O) groups excluding carboxylic acids is 1. The summed E-state index contributed by atoms with van der Waals surface area (Å²) in [5, 5.41) is 3.50. The Bertz CT molecular complexity index is 826. The summed E-state index contributed by atoms with van der Waals surface area (Å²) >= 11 is 6.11. The Labute approximate surface area is 157 Å². The van der Waals surface area contributed by atoms with Crippen molar-refractivity contribution in [2.75, 3.05) is 37.0 Å². The number of fused-ring (bicyclic) bond motifs is 1. The van der Waals surface area contributed by atoms with E-state index in [9.17, 15) is 4.79 Å². The van der Waals surface area contributed by atoms with Crippen molar-refractivity contribution in [3.05, 3.63) is 46.5 Å². The normalized spacial score (nSPS) is 13.0. The van der Waals surface area contributed by atoms with E-state index in [0.29, 0.717) is 36.2 Å². The van der Waals surface area contributed by atoms with Gasteiger partial charge in [-0.2, -0.15) is 0 Å². The molecule has 0 bridgehead atoms. The van der Waals surface area contributed by atoms with E-state index in [-0.39, 0.29) is 12.5 Å². The van der Waals surface area contributed by atoms with Gasteiger partial charge in [0.05, 0.1) is 31.6 Å². The lowest BCUT2D eigenvalue weighted by atomic mass is 10.1. The van der Waals surface area contributed by atoms with Crippen LogP contribution in [0.1, 0.15) is 11.1 Å². The molecule has 1 aliphatic rings. The van der Waals surface area contributed by atoms with Gasteiger partial charge in [-0.05, 0) is 36.2 Å².